The fraction of sp³-hybridized carbons (Fsp3) is 0.917. The fourth-order valence-electron chi connectivity index (χ4n) is 1.92. The lowest BCUT2D eigenvalue weighted by molar-refractivity contribution is -0.253. The van der Waals surface area contributed by atoms with Gasteiger partial charge in [-0.3, -0.25) is 4.79 Å². The third kappa shape index (κ3) is 2.94. The predicted octanol–water partition coefficient (Wildman–Crippen LogP) is 2.39. The molecule has 0 unspecified atom stereocenters. The molecule has 1 aliphatic rings. The van der Waals surface area contributed by atoms with E-state index in [-0.39, 0.29) is 17.5 Å². The molecule has 1 fully saturated rings. The summed E-state index contributed by atoms with van der Waals surface area (Å²) >= 11 is 0. The van der Waals surface area contributed by atoms with Crippen LogP contribution in [0.2, 0.25) is 0 Å². The van der Waals surface area contributed by atoms with Gasteiger partial charge < -0.3 is 9.47 Å². The van der Waals surface area contributed by atoms with Crippen molar-refractivity contribution in [2.75, 3.05) is 6.61 Å². The van der Waals surface area contributed by atoms with E-state index in [1.165, 1.54) is 6.92 Å². The Labute approximate surface area is 92.1 Å². The first kappa shape index (κ1) is 12.5. The molecule has 0 aromatic heterocycles. The highest BCUT2D eigenvalue weighted by molar-refractivity contribution is 5.65. The summed E-state index contributed by atoms with van der Waals surface area (Å²) in [6, 6.07) is 0. The minimum atomic E-state index is -0.235. The number of carbonyl (C=O) groups is 1. The zero-order valence-electron chi connectivity index (χ0n) is 10.4. The highest BCUT2D eigenvalue weighted by atomic mass is 16.6. The average molecular weight is 214 g/mol. The molecule has 0 spiro atoms. The maximum atomic E-state index is 10.7. The van der Waals surface area contributed by atoms with Crippen LogP contribution in [0.3, 0.4) is 0 Å². The van der Waals surface area contributed by atoms with Crippen molar-refractivity contribution in [1.82, 2.24) is 0 Å². The van der Waals surface area contributed by atoms with Gasteiger partial charge in [0.2, 0.25) is 0 Å². The van der Waals surface area contributed by atoms with Crippen molar-refractivity contribution in [2.45, 2.75) is 53.2 Å². The van der Waals surface area contributed by atoms with Crippen LogP contribution in [0.25, 0.3) is 0 Å². The topological polar surface area (TPSA) is 35.5 Å². The van der Waals surface area contributed by atoms with Crippen LogP contribution >= 0.6 is 0 Å². The van der Waals surface area contributed by atoms with Gasteiger partial charge in [-0.05, 0) is 12.3 Å². The van der Waals surface area contributed by atoms with Gasteiger partial charge in [-0.25, -0.2) is 0 Å². The molecule has 0 saturated carbocycles. The van der Waals surface area contributed by atoms with Crippen molar-refractivity contribution >= 4 is 5.97 Å². The molecule has 1 rings (SSSR count). The van der Waals surface area contributed by atoms with Crippen molar-refractivity contribution in [2.24, 2.45) is 11.3 Å². The van der Waals surface area contributed by atoms with Crippen LogP contribution in [0.1, 0.15) is 41.0 Å². The average Bonchev–Trinajstić information content (AvgIpc) is 2.09. The van der Waals surface area contributed by atoms with Crippen molar-refractivity contribution < 1.29 is 14.3 Å². The van der Waals surface area contributed by atoms with Gasteiger partial charge in [-0.15, -0.1) is 0 Å². The van der Waals surface area contributed by atoms with Gasteiger partial charge in [0.1, 0.15) is 6.61 Å². The van der Waals surface area contributed by atoms with Crippen LogP contribution in [0, 0.1) is 11.3 Å². The molecule has 0 aromatic carbocycles. The summed E-state index contributed by atoms with van der Waals surface area (Å²) in [5, 5.41) is 0. The molecule has 1 aliphatic heterocycles. The summed E-state index contributed by atoms with van der Waals surface area (Å²) in [6.45, 7) is 10.6. The van der Waals surface area contributed by atoms with Gasteiger partial charge in [0, 0.05) is 12.3 Å². The lowest BCUT2D eigenvalue weighted by Gasteiger charge is -2.52. The first-order valence-electron chi connectivity index (χ1n) is 5.63. The quantitative estimate of drug-likeness (QED) is 0.674. The first-order valence-corrected chi connectivity index (χ1v) is 5.63. The largest absolute Gasteiger partial charge is 0.463 e. The van der Waals surface area contributed by atoms with Crippen LogP contribution in [0.15, 0.2) is 0 Å². The highest BCUT2D eigenvalue weighted by Crippen LogP contribution is 2.43. The fourth-order valence-corrected chi connectivity index (χ4v) is 1.92. The maximum Gasteiger partial charge on any atom is 0.302 e. The van der Waals surface area contributed by atoms with Crippen LogP contribution in [-0.2, 0) is 14.3 Å². The minimum absolute atomic E-state index is 0.0603. The van der Waals surface area contributed by atoms with E-state index in [2.05, 4.69) is 27.7 Å². The molecule has 3 heteroatoms. The number of rotatable bonds is 4. The highest BCUT2D eigenvalue weighted by Gasteiger charge is 2.49. The number of esters is 1. The van der Waals surface area contributed by atoms with Crippen molar-refractivity contribution in [3.63, 3.8) is 0 Å². The van der Waals surface area contributed by atoms with Gasteiger partial charge in [-0.1, -0.05) is 27.7 Å². The van der Waals surface area contributed by atoms with Gasteiger partial charge in [0.05, 0.1) is 12.2 Å². The Morgan fingerprint density at radius 3 is 2.40 bits per heavy atom. The van der Waals surface area contributed by atoms with Crippen LogP contribution < -0.4 is 0 Å². The number of hydrogen-bond acceptors (Lipinski definition) is 3. The molecule has 0 aliphatic carbocycles. The third-order valence-electron chi connectivity index (χ3n) is 3.11. The first-order chi connectivity index (χ1) is 6.84. The molecule has 1 heterocycles. The summed E-state index contributed by atoms with van der Waals surface area (Å²) in [7, 11) is 0. The normalized spacial score (nSPS) is 28.7. The monoisotopic (exact) mass is 214 g/mol. The number of ether oxygens (including phenoxy) is 2. The summed E-state index contributed by atoms with van der Waals surface area (Å²) in [4.78, 5) is 10.7. The second kappa shape index (κ2) is 4.52. The Kier molecular flexibility index (Phi) is 3.77. The molecule has 0 N–H and O–H groups in total. The van der Waals surface area contributed by atoms with Crippen molar-refractivity contribution in [3.8, 4) is 0 Å². The maximum absolute atomic E-state index is 10.7. The number of hydrogen-bond donors (Lipinski definition) is 0. The van der Waals surface area contributed by atoms with E-state index in [4.69, 9.17) is 9.47 Å². The smallest absolute Gasteiger partial charge is 0.302 e. The zero-order valence-corrected chi connectivity index (χ0v) is 10.4. The van der Waals surface area contributed by atoms with E-state index in [1.807, 2.05) is 0 Å². The van der Waals surface area contributed by atoms with Crippen molar-refractivity contribution in [3.05, 3.63) is 0 Å². The van der Waals surface area contributed by atoms with E-state index in [0.717, 1.165) is 6.42 Å². The van der Waals surface area contributed by atoms with Gasteiger partial charge in [0.25, 0.3) is 0 Å². The van der Waals surface area contributed by atoms with E-state index >= 15 is 0 Å². The van der Waals surface area contributed by atoms with Gasteiger partial charge >= 0.3 is 5.97 Å². The van der Waals surface area contributed by atoms with Gasteiger partial charge in [0.15, 0.2) is 0 Å². The molecule has 3 nitrogen and oxygen atoms in total. The van der Waals surface area contributed by atoms with Crippen LogP contribution in [0.4, 0.5) is 0 Å². The van der Waals surface area contributed by atoms with Gasteiger partial charge in [-0.2, -0.15) is 0 Å². The summed E-state index contributed by atoms with van der Waals surface area (Å²) in [5.41, 5.74) is 0.125. The second-order valence-electron chi connectivity index (χ2n) is 5.37. The number of carbonyl (C=O) groups excluding carboxylic acids is 1. The summed E-state index contributed by atoms with van der Waals surface area (Å²) in [5.74, 6) is 0.408. The molecular formula is C12H22O3. The van der Waals surface area contributed by atoms with E-state index < -0.39 is 0 Å². The minimum Gasteiger partial charge on any atom is -0.463 e. The molecule has 88 valence electrons. The molecule has 0 radical (unpaired) electrons. The second-order valence-corrected chi connectivity index (χ2v) is 5.37. The molecule has 0 aromatic rings. The molecule has 15 heavy (non-hydrogen) atoms. The van der Waals surface area contributed by atoms with E-state index in [9.17, 15) is 4.79 Å². The Balaban J connectivity index is 2.37. The van der Waals surface area contributed by atoms with E-state index in [1.54, 1.807) is 0 Å². The lowest BCUT2D eigenvalue weighted by Crippen LogP contribution is -2.58. The Morgan fingerprint density at radius 1 is 1.40 bits per heavy atom. The van der Waals surface area contributed by atoms with Crippen LogP contribution in [0.5, 0.6) is 0 Å². The Hall–Kier alpha value is -0.570. The molecule has 2 atom stereocenters. The summed E-state index contributed by atoms with van der Waals surface area (Å²) in [6.07, 6.45) is 1.44. The standard InChI is InChI=1S/C12H22O3/c1-8(2)6-10-12(4,5)11(15-10)7-14-9(3)13/h8,10-11H,6-7H2,1-5H3/t10-,11+/m0/s1. The van der Waals surface area contributed by atoms with Crippen molar-refractivity contribution in [1.29, 1.82) is 0 Å². The lowest BCUT2D eigenvalue weighted by atomic mass is 9.72. The Morgan fingerprint density at radius 2 is 2.00 bits per heavy atom. The third-order valence-corrected chi connectivity index (χ3v) is 3.11. The molecule has 1 saturated heterocycles. The zero-order chi connectivity index (χ0) is 11.6. The molecular weight excluding hydrogens is 192 g/mol. The molecule has 0 bridgehead atoms. The Bertz CT molecular complexity index is 233. The molecule has 0 amide bonds. The predicted molar refractivity (Wildman–Crippen MR) is 58.5 cm³/mol. The van der Waals surface area contributed by atoms with Crippen LogP contribution in [-0.4, -0.2) is 24.8 Å². The summed E-state index contributed by atoms with van der Waals surface area (Å²) < 4.78 is 10.7. The van der Waals surface area contributed by atoms with E-state index in [0.29, 0.717) is 18.6 Å². The SMILES string of the molecule is CC(=O)OC[C@H]1O[C@@H](CC(C)C)C1(C)C.